The molecule has 0 aliphatic carbocycles. The highest BCUT2D eigenvalue weighted by molar-refractivity contribution is 7.99. The first kappa shape index (κ1) is 14.7. The fraction of sp³-hybridized carbons (Fsp3) is 0.471. The monoisotopic (exact) mass is 301 g/mol. The molecule has 2 heterocycles. The van der Waals surface area contributed by atoms with Gasteiger partial charge in [0.05, 0.1) is 5.52 Å². The van der Waals surface area contributed by atoms with Crippen LogP contribution in [0.1, 0.15) is 19.4 Å². The lowest BCUT2D eigenvalue weighted by molar-refractivity contribution is 0.224. The lowest BCUT2D eigenvalue weighted by atomic mass is 10.1. The van der Waals surface area contributed by atoms with Crippen LogP contribution in [0.3, 0.4) is 0 Å². The fourth-order valence-corrected chi connectivity index (χ4v) is 3.90. The number of nitrogens with zero attached hydrogens (tertiary/aromatic N) is 2. The van der Waals surface area contributed by atoms with Crippen molar-refractivity contribution in [2.75, 3.05) is 29.9 Å². The largest absolute Gasteiger partial charge is 0.370 e. The molecule has 0 bridgehead atoms. The third kappa shape index (κ3) is 3.33. The summed E-state index contributed by atoms with van der Waals surface area (Å²) in [6.07, 6.45) is 0. The van der Waals surface area contributed by atoms with Crippen molar-refractivity contribution in [2.45, 2.75) is 26.4 Å². The summed E-state index contributed by atoms with van der Waals surface area (Å²) >= 11 is 2.06. The molecular formula is C17H23N3S. The molecule has 21 heavy (non-hydrogen) atoms. The first-order valence-electron chi connectivity index (χ1n) is 7.72. The summed E-state index contributed by atoms with van der Waals surface area (Å²) < 4.78 is 0. The first-order chi connectivity index (χ1) is 10.3. The van der Waals surface area contributed by atoms with Gasteiger partial charge in [0, 0.05) is 48.1 Å². The molecule has 1 aromatic carbocycles. The number of hydrogen-bond donors (Lipinski definition) is 1. The number of nitrogens with one attached hydrogen (secondary N) is 1. The van der Waals surface area contributed by atoms with E-state index in [4.69, 9.17) is 4.98 Å². The third-order valence-corrected chi connectivity index (χ3v) is 5.22. The number of benzene rings is 1. The number of pyridine rings is 1. The third-order valence-electron chi connectivity index (χ3n) is 4.03. The SMILES string of the molecule is CCNc1nc2ccccc2cc1CN1CCSCC1C. The highest BCUT2D eigenvalue weighted by Gasteiger charge is 2.20. The lowest BCUT2D eigenvalue weighted by Gasteiger charge is -2.33. The molecule has 3 nitrogen and oxygen atoms in total. The molecule has 0 radical (unpaired) electrons. The van der Waals surface area contributed by atoms with Crippen LogP contribution >= 0.6 is 11.8 Å². The van der Waals surface area contributed by atoms with Gasteiger partial charge in [0.1, 0.15) is 5.82 Å². The Balaban J connectivity index is 1.92. The van der Waals surface area contributed by atoms with Gasteiger partial charge >= 0.3 is 0 Å². The second kappa shape index (κ2) is 6.67. The van der Waals surface area contributed by atoms with Gasteiger partial charge in [0.25, 0.3) is 0 Å². The van der Waals surface area contributed by atoms with E-state index in [1.165, 1.54) is 29.0 Å². The Kier molecular flexibility index (Phi) is 4.66. The van der Waals surface area contributed by atoms with Gasteiger partial charge < -0.3 is 5.32 Å². The van der Waals surface area contributed by atoms with E-state index < -0.39 is 0 Å². The molecule has 1 aliphatic heterocycles. The number of para-hydroxylation sites is 1. The average Bonchev–Trinajstić information content (AvgIpc) is 2.50. The Labute approximate surface area is 131 Å². The highest BCUT2D eigenvalue weighted by Crippen LogP contribution is 2.25. The van der Waals surface area contributed by atoms with E-state index in [0.29, 0.717) is 6.04 Å². The maximum absolute atomic E-state index is 4.81. The maximum atomic E-state index is 4.81. The summed E-state index contributed by atoms with van der Waals surface area (Å²) in [4.78, 5) is 7.39. The van der Waals surface area contributed by atoms with Crippen molar-refractivity contribution in [3.8, 4) is 0 Å². The van der Waals surface area contributed by atoms with Gasteiger partial charge in [-0.05, 0) is 26.0 Å². The average molecular weight is 301 g/mol. The predicted octanol–water partition coefficient (Wildman–Crippen LogP) is 3.60. The second-order valence-corrected chi connectivity index (χ2v) is 6.76. The number of thioether (sulfide) groups is 1. The van der Waals surface area contributed by atoms with Crippen LogP contribution in [0, 0.1) is 0 Å². The minimum Gasteiger partial charge on any atom is -0.370 e. The van der Waals surface area contributed by atoms with E-state index in [1.807, 2.05) is 0 Å². The molecule has 4 heteroatoms. The minimum absolute atomic E-state index is 0.643. The molecule has 1 atom stereocenters. The molecule has 1 aromatic heterocycles. The lowest BCUT2D eigenvalue weighted by Crippen LogP contribution is -2.39. The summed E-state index contributed by atoms with van der Waals surface area (Å²) in [6.45, 7) is 7.52. The minimum atomic E-state index is 0.643. The number of aromatic nitrogens is 1. The van der Waals surface area contributed by atoms with Crippen molar-refractivity contribution in [1.82, 2.24) is 9.88 Å². The molecule has 1 unspecified atom stereocenters. The molecule has 1 fully saturated rings. The molecule has 112 valence electrons. The van der Waals surface area contributed by atoms with E-state index in [2.05, 4.69) is 66.2 Å². The normalized spacial score (nSPS) is 19.8. The molecule has 2 aromatic rings. The molecule has 0 spiro atoms. The summed E-state index contributed by atoms with van der Waals surface area (Å²) in [7, 11) is 0. The van der Waals surface area contributed by atoms with Crippen molar-refractivity contribution in [3.63, 3.8) is 0 Å². The number of fused-ring (bicyclic) bond motifs is 1. The Morgan fingerprint density at radius 3 is 3.05 bits per heavy atom. The quantitative estimate of drug-likeness (QED) is 0.934. The number of rotatable bonds is 4. The molecule has 1 aliphatic rings. The second-order valence-electron chi connectivity index (χ2n) is 5.61. The first-order valence-corrected chi connectivity index (χ1v) is 8.87. The smallest absolute Gasteiger partial charge is 0.131 e. The zero-order valence-electron chi connectivity index (χ0n) is 12.8. The van der Waals surface area contributed by atoms with Crippen molar-refractivity contribution in [2.24, 2.45) is 0 Å². The molecule has 0 amide bonds. The van der Waals surface area contributed by atoms with E-state index in [9.17, 15) is 0 Å². The van der Waals surface area contributed by atoms with Crippen LogP contribution in [0.15, 0.2) is 30.3 Å². The van der Waals surface area contributed by atoms with Gasteiger partial charge in [-0.2, -0.15) is 11.8 Å². The van der Waals surface area contributed by atoms with Crippen molar-refractivity contribution < 1.29 is 0 Å². The zero-order valence-corrected chi connectivity index (χ0v) is 13.6. The van der Waals surface area contributed by atoms with Crippen molar-refractivity contribution >= 4 is 28.5 Å². The van der Waals surface area contributed by atoms with E-state index in [1.54, 1.807) is 0 Å². The Morgan fingerprint density at radius 1 is 1.38 bits per heavy atom. The molecule has 1 N–H and O–H groups in total. The van der Waals surface area contributed by atoms with Crippen molar-refractivity contribution in [3.05, 3.63) is 35.9 Å². The standard InChI is InChI=1S/C17H23N3S/c1-3-18-17-15(11-20-8-9-21-12-13(20)2)10-14-6-4-5-7-16(14)19-17/h4-7,10,13H,3,8-9,11-12H2,1-2H3,(H,18,19). The van der Waals surface area contributed by atoms with E-state index >= 15 is 0 Å². The summed E-state index contributed by atoms with van der Waals surface area (Å²) in [5.74, 6) is 3.51. The van der Waals surface area contributed by atoms with Gasteiger partial charge in [-0.15, -0.1) is 0 Å². The molecule has 3 rings (SSSR count). The summed E-state index contributed by atoms with van der Waals surface area (Å²) in [6, 6.07) is 11.3. The van der Waals surface area contributed by atoms with Crippen LogP contribution in [-0.2, 0) is 6.54 Å². The number of anilines is 1. The Bertz CT molecular complexity index is 614. The fourth-order valence-electron chi connectivity index (χ4n) is 2.82. The van der Waals surface area contributed by atoms with Crippen LogP contribution in [0.25, 0.3) is 10.9 Å². The van der Waals surface area contributed by atoms with Gasteiger partial charge in [-0.3, -0.25) is 4.90 Å². The zero-order chi connectivity index (χ0) is 14.7. The summed E-state index contributed by atoms with van der Waals surface area (Å²) in [5, 5.41) is 4.66. The molecule has 0 saturated carbocycles. The van der Waals surface area contributed by atoms with E-state index in [0.717, 1.165) is 24.4 Å². The highest BCUT2D eigenvalue weighted by atomic mass is 32.2. The van der Waals surface area contributed by atoms with Crippen LogP contribution < -0.4 is 5.32 Å². The Hall–Kier alpha value is -1.26. The van der Waals surface area contributed by atoms with Gasteiger partial charge in [0.2, 0.25) is 0 Å². The van der Waals surface area contributed by atoms with Crippen LogP contribution in [0.2, 0.25) is 0 Å². The van der Waals surface area contributed by atoms with Crippen LogP contribution in [0.5, 0.6) is 0 Å². The van der Waals surface area contributed by atoms with Gasteiger partial charge in [0.15, 0.2) is 0 Å². The summed E-state index contributed by atoms with van der Waals surface area (Å²) in [5.41, 5.74) is 2.38. The van der Waals surface area contributed by atoms with E-state index in [-0.39, 0.29) is 0 Å². The van der Waals surface area contributed by atoms with Crippen LogP contribution in [0.4, 0.5) is 5.82 Å². The molecular weight excluding hydrogens is 278 g/mol. The van der Waals surface area contributed by atoms with Crippen LogP contribution in [-0.4, -0.2) is 40.5 Å². The Morgan fingerprint density at radius 2 is 2.24 bits per heavy atom. The molecule has 1 saturated heterocycles. The van der Waals surface area contributed by atoms with Gasteiger partial charge in [-0.25, -0.2) is 4.98 Å². The van der Waals surface area contributed by atoms with Crippen molar-refractivity contribution in [1.29, 1.82) is 0 Å². The topological polar surface area (TPSA) is 28.2 Å². The maximum Gasteiger partial charge on any atom is 0.131 e. The number of hydrogen-bond acceptors (Lipinski definition) is 4. The van der Waals surface area contributed by atoms with Gasteiger partial charge in [-0.1, -0.05) is 18.2 Å². The predicted molar refractivity (Wildman–Crippen MR) is 93.1 cm³/mol.